The van der Waals surface area contributed by atoms with Gasteiger partial charge in [-0.15, -0.1) is 0 Å². The molecule has 0 aliphatic rings. The van der Waals surface area contributed by atoms with Gasteiger partial charge in [0.15, 0.2) is 0 Å². The zero-order valence-electron chi connectivity index (χ0n) is 11.6. The van der Waals surface area contributed by atoms with E-state index in [9.17, 15) is 8.42 Å². The lowest BCUT2D eigenvalue weighted by Gasteiger charge is -2.09. The van der Waals surface area contributed by atoms with Crippen LogP contribution in [0.2, 0.25) is 0 Å². The third kappa shape index (κ3) is 3.37. The largest absolute Gasteiger partial charge is 0.399 e. The molecule has 5 heteroatoms. The summed E-state index contributed by atoms with van der Waals surface area (Å²) >= 11 is 0. The average Bonchev–Trinajstić information content (AvgIpc) is 2.40. The maximum absolute atomic E-state index is 12.2. The normalized spacial score (nSPS) is 11.5. The summed E-state index contributed by atoms with van der Waals surface area (Å²) in [5.41, 5.74) is 9.14. The van der Waals surface area contributed by atoms with Crippen molar-refractivity contribution in [3.8, 4) is 0 Å². The molecule has 106 valence electrons. The van der Waals surface area contributed by atoms with E-state index in [-0.39, 0.29) is 11.4 Å². The molecule has 0 bridgehead atoms. The number of anilines is 1. The smallest absolute Gasteiger partial charge is 0.240 e. The van der Waals surface area contributed by atoms with Crippen LogP contribution in [-0.2, 0) is 16.6 Å². The molecular formula is C15H18N2O2S. The maximum atomic E-state index is 12.2. The van der Waals surface area contributed by atoms with Crippen molar-refractivity contribution in [1.82, 2.24) is 4.72 Å². The Morgan fingerprint density at radius 2 is 1.80 bits per heavy atom. The van der Waals surface area contributed by atoms with Crippen LogP contribution in [-0.4, -0.2) is 8.42 Å². The topological polar surface area (TPSA) is 72.2 Å². The van der Waals surface area contributed by atoms with Crippen molar-refractivity contribution in [3.63, 3.8) is 0 Å². The summed E-state index contributed by atoms with van der Waals surface area (Å²) in [6.45, 7) is 4.07. The predicted octanol–water partition coefficient (Wildman–Crippen LogP) is 2.36. The monoisotopic (exact) mass is 290 g/mol. The van der Waals surface area contributed by atoms with Gasteiger partial charge in [0.1, 0.15) is 0 Å². The number of nitrogen functional groups attached to an aromatic ring is 1. The average molecular weight is 290 g/mol. The fraction of sp³-hybridized carbons (Fsp3) is 0.200. The number of benzene rings is 2. The zero-order valence-corrected chi connectivity index (χ0v) is 12.4. The van der Waals surface area contributed by atoms with Gasteiger partial charge in [-0.05, 0) is 54.8 Å². The van der Waals surface area contributed by atoms with E-state index >= 15 is 0 Å². The summed E-state index contributed by atoms with van der Waals surface area (Å²) in [4.78, 5) is 0.282. The summed E-state index contributed by atoms with van der Waals surface area (Å²) in [6.07, 6.45) is 0. The molecule has 3 N–H and O–H groups in total. The van der Waals surface area contributed by atoms with Gasteiger partial charge in [-0.25, -0.2) is 13.1 Å². The van der Waals surface area contributed by atoms with Gasteiger partial charge in [0.2, 0.25) is 10.0 Å². The number of sulfonamides is 1. The minimum Gasteiger partial charge on any atom is -0.399 e. The molecule has 20 heavy (non-hydrogen) atoms. The van der Waals surface area contributed by atoms with Crippen molar-refractivity contribution >= 4 is 15.7 Å². The minimum atomic E-state index is -3.50. The second kappa shape index (κ2) is 5.64. The zero-order chi connectivity index (χ0) is 14.8. The van der Waals surface area contributed by atoms with Crippen molar-refractivity contribution < 1.29 is 8.42 Å². The van der Waals surface area contributed by atoms with Gasteiger partial charge in [-0.3, -0.25) is 0 Å². The second-order valence-corrected chi connectivity index (χ2v) is 6.58. The van der Waals surface area contributed by atoms with Crippen LogP contribution >= 0.6 is 0 Å². The van der Waals surface area contributed by atoms with Crippen LogP contribution in [0, 0.1) is 13.8 Å². The number of hydrogen-bond acceptors (Lipinski definition) is 3. The number of nitrogens with two attached hydrogens (primary N) is 1. The number of nitrogens with one attached hydrogen (secondary N) is 1. The highest BCUT2D eigenvalue weighted by Gasteiger charge is 2.14. The van der Waals surface area contributed by atoms with Crippen LogP contribution < -0.4 is 10.5 Å². The second-order valence-electron chi connectivity index (χ2n) is 4.82. The van der Waals surface area contributed by atoms with Crippen molar-refractivity contribution in [1.29, 1.82) is 0 Å². The van der Waals surface area contributed by atoms with Crippen LogP contribution in [0.4, 0.5) is 5.69 Å². The highest BCUT2D eigenvalue weighted by Crippen LogP contribution is 2.15. The van der Waals surface area contributed by atoms with Gasteiger partial charge >= 0.3 is 0 Å². The van der Waals surface area contributed by atoms with Crippen LogP contribution in [0.3, 0.4) is 0 Å². The summed E-state index contributed by atoms with van der Waals surface area (Å²) in [5, 5.41) is 0. The summed E-state index contributed by atoms with van der Waals surface area (Å²) < 4.78 is 27.0. The lowest BCUT2D eigenvalue weighted by molar-refractivity contribution is 0.581. The van der Waals surface area contributed by atoms with E-state index in [4.69, 9.17) is 5.73 Å². The Morgan fingerprint density at radius 3 is 2.45 bits per heavy atom. The Balaban J connectivity index is 2.17. The Morgan fingerprint density at radius 1 is 1.05 bits per heavy atom. The molecular weight excluding hydrogens is 272 g/mol. The summed E-state index contributed by atoms with van der Waals surface area (Å²) in [5.74, 6) is 0. The fourth-order valence-corrected chi connectivity index (χ4v) is 2.95. The molecule has 2 rings (SSSR count). The molecule has 0 atom stereocenters. The first-order valence-corrected chi connectivity index (χ1v) is 7.78. The lowest BCUT2D eigenvalue weighted by Crippen LogP contribution is -2.23. The maximum Gasteiger partial charge on any atom is 0.240 e. The Labute approximate surface area is 119 Å². The van der Waals surface area contributed by atoms with Gasteiger partial charge < -0.3 is 5.73 Å². The van der Waals surface area contributed by atoms with Gasteiger partial charge in [0, 0.05) is 12.2 Å². The molecule has 0 aromatic heterocycles. The Bertz CT molecular complexity index is 724. The van der Waals surface area contributed by atoms with Gasteiger partial charge in [-0.2, -0.15) is 0 Å². The van der Waals surface area contributed by atoms with E-state index in [0.29, 0.717) is 5.69 Å². The molecule has 4 nitrogen and oxygen atoms in total. The molecule has 0 fully saturated rings. The van der Waals surface area contributed by atoms with E-state index in [2.05, 4.69) is 4.72 Å². The van der Waals surface area contributed by atoms with E-state index in [1.165, 1.54) is 0 Å². The molecule has 0 radical (unpaired) electrons. The summed E-state index contributed by atoms with van der Waals surface area (Å²) in [7, 11) is -3.50. The number of hydrogen-bond donors (Lipinski definition) is 2. The molecule has 0 heterocycles. The first-order valence-electron chi connectivity index (χ1n) is 6.30. The van der Waals surface area contributed by atoms with Crippen molar-refractivity contribution in [2.45, 2.75) is 25.3 Å². The van der Waals surface area contributed by atoms with Crippen molar-refractivity contribution in [3.05, 3.63) is 59.2 Å². The number of aryl methyl sites for hydroxylation is 2. The van der Waals surface area contributed by atoms with Crippen LogP contribution in [0.5, 0.6) is 0 Å². The standard InChI is InChI=1S/C15H18N2O2S/c1-11-6-7-15(8-12(11)2)20(18,19)17-10-13-4-3-5-14(16)9-13/h3-9,17H,10,16H2,1-2H3. The van der Waals surface area contributed by atoms with E-state index < -0.39 is 10.0 Å². The molecule has 0 saturated heterocycles. The van der Waals surface area contributed by atoms with Crippen molar-refractivity contribution in [2.24, 2.45) is 0 Å². The first-order chi connectivity index (χ1) is 9.38. The first kappa shape index (κ1) is 14.6. The highest BCUT2D eigenvalue weighted by atomic mass is 32.2. The third-order valence-electron chi connectivity index (χ3n) is 3.21. The quantitative estimate of drug-likeness (QED) is 0.849. The molecule has 2 aromatic rings. The van der Waals surface area contributed by atoms with Crippen molar-refractivity contribution in [2.75, 3.05) is 5.73 Å². The van der Waals surface area contributed by atoms with E-state index in [1.807, 2.05) is 26.0 Å². The van der Waals surface area contributed by atoms with Crippen LogP contribution in [0.1, 0.15) is 16.7 Å². The number of rotatable bonds is 4. The SMILES string of the molecule is Cc1ccc(S(=O)(=O)NCc2cccc(N)c2)cc1C. The summed E-state index contributed by atoms with van der Waals surface area (Å²) in [6, 6.07) is 12.3. The van der Waals surface area contributed by atoms with Gasteiger partial charge in [0.25, 0.3) is 0 Å². The molecule has 0 aliphatic carbocycles. The van der Waals surface area contributed by atoms with E-state index in [0.717, 1.165) is 16.7 Å². The molecule has 0 amide bonds. The Kier molecular flexibility index (Phi) is 4.11. The van der Waals surface area contributed by atoms with Gasteiger partial charge in [-0.1, -0.05) is 18.2 Å². The van der Waals surface area contributed by atoms with E-state index in [1.54, 1.807) is 30.3 Å². The minimum absolute atomic E-state index is 0.223. The van der Waals surface area contributed by atoms with Crippen LogP contribution in [0.25, 0.3) is 0 Å². The van der Waals surface area contributed by atoms with Gasteiger partial charge in [0.05, 0.1) is 4.90 Å². The Hall–Kier alpha value is -1.85. The molecule has 0 spiro atoms. The third-order valence-corrected chi connectivity index (χ3v) is 4.60. The molecule has 0 saturated carbocycles. The predicted molar refractivity (Wildman–Crippen MR) is 80.8 cm³/mol. The molecule has 2 aromatic carbocycles. The lowest BCUT2D eigenvalue weighted by atomic mass is 10.1. The van der Waals surface area contributed by atoms with Crippen LogP contribution in [0.15, 0.2) is 47.4 Å². The highest BCUT2D eigenvalue weighted by molar-refractivity contribution is 7.89. The molecule has 0 aliphatic heterocycles. The molecule has 0 unspecified atom stereocenters. The fourth-order valence-electron chi connectivity index (χ4n) is 1.85.